The van der Waals surface area contributed by atoms with E-state index in [1.54, 1.807) is 0 Å². The summed E-state index contributed by atoms with van der Waals surface area (Å²) in [7, 11) is 0. The predicted molar refractivity (Wildman–Crippen MR) is 48.6 cm³/mol. The van der Waals surface area contributed by atoms with E-state index in [1.807, 2.05) is 6.92 Å². The molecule has 0 heterocycles. The molecule has 84 valence electrons. The molecule has 0 aromatic carbocycles. The zero-order valence-electron chi connectivity index (χ0n) is 7.99. The molecule has 0 radical (unpaired) electrons. The van der Waals surface area contributed by atoms with E-state index in [4.69, 9.17) is 5.84 Å². The van der Waals surface area contributed by atoms with Crippen molar-refractivity contribution in [2.24, 2.45) is 10.8 Å². The van der Waals surface area contributed by atoms with Crippen LogP contribution in [0.3, 0.4) is 0 Å². The summed E-state index contributed by atoms with van der Waals surface area (Å²) in [6.07, 6.45) is -4.95. The first-order valence-corrected chi connectivity index (χ1v) is 4.31. The van der Waals surface area contributed by atoms with Gasteiger partial charge in [0.15, 0.2) is 0 Å². The van der Waals surface area contributed by atoms with E-state index in [0.29, 0.717) is 12.5 Å². The lowest BCUT2D eigenvalue weighted by molar-refractivity contribution is -0.134. The molecule has 0 aliphatic heterocycles. The molecule has 0 saturated heterocycles. The van der Waals surface area contributed by atoms with Crippen LogP contribution in [0.5, 0.6) is 0 Å². The lowest BCUT2D eigenvalue weighted by Crippen LogP contribution is -2.41. The van der Waals surface area contributed by atoms with Crippen molar-refractivity contribution < 1.29 is 13.2 Å². The van der Waals surface area contributed by atoms with Crippen LogP contribution in [0.1, 0.15) is 19.8 Å². The van der Waals surface area contributed by atoms with E-state index in [-0.39, 0.29) is 13.0 Å². The average molecular weight is 212 g/mol. The lowest BCUT2D eigenvalue weighted by Gasteiger charge is -2.07. The van der Waals surface area contributed by atoms with Gasteiger partial charge in [-0.3, -0.25) is 10.4 Å². The smallest absolute Gasteiger partial charge is 0.356 e. The molecule has 0 spiro atoms. The van der Waals surface area contributed by atoms with Crippen molar-refractivity contribution in [2.45, 2.75) is 25.9 Å². The molecule has 0 aromatic rings. The minimum atomic E-state index is -4.11. The molecule has 0 fully saturated rings. The van der Waals surface area contributed by atoms with Crippen molar-refractivity contribution in [3.63, 3.8) is 0 Å². The van der Waals surface area contributed by atoms with Crippen LogP contribution < -0.4 is 16.6 Å². The number of hydrazine groups is 1. The van der Waals surface area contributed by atoms with Gasteiger partial charge < -0.3 is 5.32 Å². The molecule has 4 N–H and O–H groups in total. The highest BCUT2D eigenvalue weighted by Gasteiger charge is 2.25. The molecular formula is C7H15F3N4. The molecule has 0 rings (SSSR count). The van der Waals surface area contributed by atoms with Crippen LogP contribution in [0.2, 0.25) is 0 Å². The zero-order chi connectivity index (χ0) is 11.0. The minimum absolute atomic E-state index is 0.0277. The van der Waals surface area contributed by atoms with Crippen molar-refractivity contribution in [1.29, 1.82) is 0 Å². The fraction of sp³-hybridized carbons (Fsp3) is 0.857. The summed E-state index contributed by atoms with van der Waals surface area (Å²) in [4.78, 5) is 3.80. The van der Waals surface area contributed by atoms with Gasteiger partial charge in [-0.15, -0.1) is 0 Å². The number of nitrogens with two attached hydrogens (primary N) is 1. The van der Waals surface area contributed by atoms with Crippen molar-refractivity contribution in [3.8, 4) is 0 Å². The molecule has 0 amide bonds. The van der Waals surface area contributed by atoms with Gasteiger partial charge in [0, 0.05) is 19.5 Å². The summed E-state index contributed by atoms with van der Waals surface area (Å²) in [6.45, 7) is 2.55. The molecule has 4 nitrogen and oxygen atoms in total. The Morgan fingerprint density at radius 2 is 2.07 bits per heavy atom. The highest BCUT2D eigenvalue weighted by atomic mass is 19.4. The third-order valence-corrected chi connectivity index (χ3v) is 1.37. The molecule has 7 heteroatoms. The molecule has 0 bridgehead atoms. The van der Waals surface area contributed by atoms with E-state index in [2.05, 4.69) is 15.7 Å². The first-order valence-electron chi connectivity index (χ1n) is 4.31. The van der Waals surface area contributed by atoms with E-state index in [1.165, 1.54) is 0 Å². The maximum absolute atomic E-state index is 11.7. The Hall–Kier alpha value is -0.980. The second kappa shape index (κ2) is 6.47. The summed E-state index contributed by atoms with van der Waals surface area (Å²) >= 11 is 0. The van der Waals surface area contributed by atoms with E-state index < -0.39 is 12.6 Å². The summed E-state index contributed by atoms with van der Waals surface area (Å²) in [6, 6.07) is 0. The monoisotopic (exact) mass is 212 g/mol. The molecule has 14 heavy (non-hydrogen) atoms. The van der Waals surface area contributed by atoms with Crippen LogP contribution in [0.15, 0.2) is 4.99 Å². The Labute approximate surface area is 80.7 Å². The highest BCUT2D eigenvalue weighted by molar-refractivity contribution is 5.78. The minimum Gasteiger partial charge on any atom is -0.356 e. The second-order valence-electron chi connectivity index (χ2n) is 2.62. The maximum atomic E-state index is 11.7. The van der Waals surface area contributed by atoms with Gasteiger partial charge in [0.25, 0.3) is 0 Å². The molecule has 0 unspecified atom stereocenters. The Bertz CT molecular complexity index is 178. The van der Waals surface area contributed by atoms with Gasteiger partial charge in [0.05, 0.1) is 0 Å². The van der Waals surface area contributed by atoms with Crippen molar-refractivity contribution >= 4 is 5.96 Å². The molecule has 0 aliphatic rings. The second-order valence-corrected chi connectivity index (χ2v) is 2.62. The average Bonchev–Trinajstić information content (AvgIpc) is 2.08. The quantitative estimate of drug-likeness (QED) is 0.212. The first kappa shape index (κ1) is 13.0. The van der Waals surface area contributed by atoms with Crippen LogP contribution in [-0.4, -0.2) is 25.2 Å². The molecule has 0 aromatic heterocycles. The van der Waals surface area contributed by atoms with E-state index in [9.17, 15) is 13.2 Å². The molecule has 0 aliphatic carbocycles. The normalized spacial score (nSPS) is 12.8. The largest absolute Gasteiger partial charge is 0.389 e. The Kier molecular flexibility index (Phi) is 6.02. The number of hydrogen-bond donors (Lipinski definition) is 3. The van der Waals surface area contributed by atoms with Crippen LogP contribution in [0.25, 0.3) is 0 Å². The van der Waals surface area contributed by atoms with Crippen LogP contribution in [-0.2, 0) is 0 Å². The van der Waals surface area contributed by atoms with Gasteiger partial charge in [-0.25, -0.2) is 5.84 Å². The van der Waals surface area contributed by atoms with Crippen LogP contribution in [0, 0.1) is 0 Å². The van der Waals surface area contributed by atoms with E-state index in [0.717, 1.165) is 0 Å². The fourth-order valence-corrected chi connectivity index (χ4v) is 0.790. The standard InChI is InChI=1S/C7H15F3N4/c1-2-12-6(14-11)13-5-3-4-7(8,9)10/h2-5,11H2,1H3,(H2,12,13,14). The molecule has 0 saturated carbocycles. The Morgan fingerprint density at radius 3 is 2.50 bits per heavy atom. The lowest BCUT2D eigenvalue weighted by atomic mass is 10.3. The fourth-order valence-electron chi connectivity index (χ4n) is 0.790. The van der Waals surface area contributed by atoms with Gasteiger partial charge in [0.1, 0.15) is 0 Å². The number of halogens is 3. The highest BCUT2D eigenvalue weighted by Crippen LogP contribution is 2.20. The number of guanidine groups is 1. The number of rotatable bonds is 4. The third-order valence-electron chi connectivity index (χ3n) is 1.37. The summed E-state index contributed by atoms with van der Waals surface area (Å²) < 4.78 is 35.1. The number of aliphatic imine (C=N–C) groups is 1. The summed E-state index contributed by atoms with van der Waals surface area (Å²) in [5, 5.41) is 2.76. The van der Waals surface area contributed by atoms with Crippen molar-refractivity contribution in [1.82, 2.24) is 10.7 Å². The Balaban J connectivity index is 3.68. The van der Waals surface area contributed by atoms with Crippen LogP contribution in [0.4, 0.5) is 13.2 Å². The van der Waals surface area contributed by atoms with Gasteiger partial charge in [-0.1, -0.05) is 0 Å². The summed E-state index contributed by atoms with van der Waals surface area (Å²) in [5.74, 6) is 5.38. The summed E-state index contributed by atoms with van der Waals surface area (Å²) in [5.41, 5.74) is 2.26. The SMILES string of the molecule is CCNC(=NCCCC(F)(F)F)NN. The van der Waals surface area contributed by atoms with Gasteiger partial charge in [-0.05, 0) is 13.3 Å². The number of nitrogens with zero attached hydrogens (tertiary/aromatic N) is 1. The first-order chi connectivity index (χ1) is 6.49. The number of hydrogen-bond acceptors (Lipinski definition) is 2. The van der Waals surface area contributed by atoms with Crippen molar-refractivity contribution in [3.05, 3.63) is 0 Å². The van der Waals surface area contributed by atoms with Crippen LogP contribution >= 0.6 is 0 Å². The zero-order valence-corrected chi connectivity index (χ0v) is 7.99. The van der Waals surface area contributed by atoms with Gasteiger partial charge in [0.2, 0.25) is 5.96 Å². The molecule has 0 atom stereocenters. The maximum Gasteiger partial charge on any atom is 0.389 e. The third kappa shape index (κ3) is 7.66. The number of nitrogens with one attached hydrogen (secondary N) is 2. The molecular weight excluding hydrogens is 197 g/mol. The number of alkyl halides is 3. The van der Waals surface area contributed by atoms with Gasteiger partial charge in [-0.2, -0.15) is 13.2 Å². The van der Waals surface area contributed by atoms with Gasteiger partial charge >= 0.3 is 6.18 Å². The van der Waals surface area contributed by atoms with Crippen molar-refractivity contribution in [2.75, 3.05) is 13.1 Å². The van der Waals surface area contributed by atoms with E-state index >= 15 is 0 Å². The topological polar surface area (TPSA) is 62.4 Å². The predicted octanol–water partition coefficient (Wildman–Crippen LogP) is 0.758. The Morgan fingerprint density at radius 1 is 1.43 bits per heavy atom.